The topological polar surface area (TPSA) is 0 Å². The van der Waals surface area contributed by atoms with Crippen molar-refractivity contribution in [2.75, 3.05) is 0 Å². The average molecular weight is 624 g/mol. The molecule has 0 aliphatic heterocycles. The van der Waals surface area contributed by atoms with Gasteiger partial charge in [-0.2, -0.15) is 0 Å². The molecule has 3 fully saturated rings. The zero-order valence-electron chi connectivity index (χ0n) is 19.5. The van der Waals surface area contributed by atoms with Crippen LogP contribution in [0.3, 0.4) is 0 Å². The van der Waals surface area contributed by atoms with Gasteiger partial charge >= 0.3 is 36.9 Å². The van der Waals surface area contributed by atoms with Crippen molar-refractivity contribution < 1.29 is 15.7 Å². The van der Waals surface area contributed by atoms with Crippen molar-refractivity contribution in [1.82, 2.24) is 0 Å². The minimum Gasteiger partial charge on any atom is -0.777 e. The summed E-state index contributed by atoms with van der Waals surface area (Å²) >= 11 is 16.2. The van der Waals surface area contributed by atoms with E-state index in [9.17, 15) is 0 Å². The van der Waals surface area contributed by atoms with Crippen molar-refractivity contribution in [3.8, 4) is 0 Å². The van der Waals surface area contributed by atoms with Crippen molar-refractivity contribution in [3.63, 3.8) is 0 Å². The first-order valence-electron chi connectivity index (χ1n) is 12.6. The van der Waals surface area contributed by atoms with Crippen molar-refractivity contribution in [3.05, 3.63) is 28.2 Å². The molecule has 0 radical (unpaired) electrons. The maximum atomic E-state index is 5.63. The molecule has 1 aromatic rings. The molecule has 4 rings (SSSR count). The molecule has 3 aliphatic rings. The SMILES string of the molecule is C1CCC([PH+](C2CCCCC2)C2CCCCC2)CC1.C[CH]=[Ru][Cl].[S-]c1c(Cl)cccc1Cl. The van der Waals surface area contributed by atoms with E-state index in [0.29, 0.717) is 14.9 Å². The fourth-order valence-electron chi connectivity index (χ4n) is 5.79. The average Bonchev–Trinajstić information content (AvgIpc) is 2.85. The molecule has 0 saturated heterocycles. The summed E-state index contributed by atoms with van der Waals surface area (Å²) in [5, 5.41) is 1.08. The van der Waals surface area contributed by atoms with Crippen LogP contribution in [-0.2, 0) is 28.3 Å². The van der Waals surface area contributed by atoms with Crippen LogP contribution < -0.4 is 0 Å². The molecule has 0 atom stereocenters. The molecule has 0 amide bonds. The van der Waals surface area contributed by atoms with E-state index in [1.165, 1.54) is 17.0 Å². The molecule has 0 N–H and O–H groups in total. The fourth-order valence-corrected chi connectivity index (χ4v) is 11.5. The second-order valence-corrected chi connectivity index (χ2v) is 16.3. The van der Waals surface area contributed by atoms with E-state index < -0.39 is 0 Å². The Bertz CT molecular complexity index is 587. The number of hydrogen-bond acceptors (Lipinski definition) is 1. The van der Waals surface area contributed by atoms with Crippen molar-refractivity contribution in [1.29, 1.82) is 0 Å². The van der Waals surface area contributed by atoms with Crippen LogP contribution in [-0.4, -0.2) is 21.6 Å². The van der Waals surface area contributed by atoms with E-state index in [4.69, 9.17) is 45.5 Å². The van der Waals surface area contributed by atoms with Gasteiger partial charge in [0, 0.05) is 18.0 Å². The van der Waals surface area contributed by atoms with Crippen molar-refractivity contribution in [2.45, 2.75) is 125 Å². The molecule has 185 valence electrons. The third kappa shape index (κ3) is 10.5. The van der Waals surface area contributed by atoms with Crippen LogP contribution in [0.5, 0.6) is 0 Å². The van der Waals surface area contributed by atoms with Crippen molar-refractivity contribution >= 4 is 58.1 Å². The molecule has 0 heterocycles. The van der Waals surface area contributed by atoms with Gasteiger partial charge in [-0.1, -0.05) is 48.5 Å². The van der Waals surface area contributed by atoms with Gasteiger partial charge in [0.25, 0.3) is 0 Å². The molecular formula is C26H41Cl3PRuS. The summed E-state index contributed by atoms with van der Waals surface area (Å²) in [6, 6.07) is 5.20. The summed E-state index contributed by atoms with van der Waals surface area (Å²) in [5.74, 6) is 0. The summed E-state index contributed by atoms with van der Waals surface area (Å²) in [5.41, 5.74) is 3.68. The molecule has 0 nitrogen and oxygen atoms in total. The molecule has 6 heteroatoms. The summed E-state index contributed by atoms with van der Waals surface area (Å²) in [6.07, 6.45) is 23.8. The summed E-state index contributed by atoms with van der Waals surface area (Å²) in [6.45, 7) is 1.96. The standard InChI is InChI=1S/C18H33P.C6H4Cl2S.C2H4.ClH.Ru/c1-4-10-16(11-5-1)19(17-12-6-2-7-13-17)18-14-8-3-9-15-18;7-4-2-1-3-5(8)6(4)9;1-2;;/h16-18H,1-15H2;1-3,9H;1H,2H3;1H;/q;;;;+1/p-1. The first-order chi connectivity index (χ1) is 15.6. The van der Waals surface area contributed by atoms with E-state index in [0.717, 1.165) is 0 Å². The monoisotopic (exact) mass is 623 g/mol. The maximum Gasteiger partial charge on any atom is 0.0229 e. The summed E-state index contributed by atoms with van der Waals surface area (Å²) < 4.78 is 1.98. The normalized spacial score (nSPS) is 21.3. The van der Waals surface area contributed by atoms with Crippen LogP contribution in [0.25, 0.3) is 0 Å². The first-order valence-corrected chi connectivity index (χ1v) is 18.7. The Morgan fingerprint density at radius 3 is 1.31 bits per heavy atom. The van der Waals surface area contributed by atoms with Crippen LogP contribution in [0, 0.1) is 0 Å². The van der Waals surface area contributed by atoms with E-state index in [1.54, 1.807) is 115 Å². The number of hydrogen-bond donors (Lipinski definition) is 0. The molecule has 3 saturated carbocycles. The fraction of sp³-hybridized carbons (Fsp3) is 0.731. The molecule has 0 aromatic heterocycles. The van der Waals surface area contributed by atoms with Gasteiger partial charge in [0.15, 0.2) is 0 Å². The largest absolute Gasteiger partial charge is 0.777 e. The summed E-state index contributed by atoms with van der Waals surface area (Å²) in [7, 11) is 5.17. The Hall–Kier alpha value is 1.23. The molecule has 0 spiro atoms. The summed E-state index contributed by atoms with van der Waals surface area (Å²) in [4.78, 5) is 0.529. The van der Waals surface area contributed by atoms with E-state index in [2.05, 4.69) is 0 Å². The van der Waals surface area contributed by atoms with Crippen LogP contribution in [0.15, 0.2) is 23.1 Å². The second kappa shape index (κ2) is 17.6. The third-order valence-corrected chi connectivity index (χ3v) is 14.4. The van der Waals surface area contributed by atoms with E-state index in [-0.39, 0.29) is 23.6 Å². The van der Waals surface area contributed by atoms with E-state index >= 15 is 0 Å². The van der Waals surface area contributed by atoms with Gasteiger partial charge in [-0.25, -0.2) is 0 Å². The van der Waals surface area contributed by atoms with Gasteiger partial charge in [-0.3, -0.25) is 0 Å². The maximum absolute atomic E-state index is 5.63. The van der Waals surface area contributed by atoms with Gasteiger partial charge < -0.3 is 12.6 Å². The quantitative estimate of drug-likeness (QED) is 0.183. The minimum absolute atomic E-state index is 0.0465. The van der Waals surface area contributed by atoms with Crippen LogP contribution >= 0.6 is 40.8 Å². The Morgan fingerprint density at radius 1 is 0.750 bits per heavy atom. The predicted octanol–water partition coefficient (Wildman–Crippen LogP) is 10.1. The van der Waals surface area contributed by atoms with Gasteiger partial charge in [0.05, 0.1) is 17.0 Å². The zero-order valence-corrected chi connectivity index (χ0v) is 25.4. The van der Waals surface area contributed by atoms with Gasteiger partial charge in [0.2, 0.25) is 0 Å². The third-order valence-electron chi connectivity index (χ3n) is 7.23. The molecule has 1 aromatic carbocycles. The Labute approximate surface area is 225 Å². The van der Waals surface area contributed by atoms with Crippen molar-refractivity contribution in [2.24, 2.45) is 0 Å². The molecule has 32 heavy (non-hydrogen) atoms. The second-order valence-electron chi connectivity index (χ2n) is 9.34. The molecular weight excluding hydrogens is 583 g/mol. The number of benzene rings is 1. The van der Waals surface area contributed by atoms with Gasteiger partial charge in [0.1, 0.15) is 0 Å². The predicted molar refractivity (Wildman–Crippen MR) is 149 cm³/mol. The molecule has 0 unspecified atom stereocenters. The van der Waals surface area contributed by atoms with Crippen LogP contribution in [0.1, 0.15) is 103 Å². The Kier molecular flexibility index (Phi) is 16.2. The first kappa shape index (κ1) is 29.5. The molecule has 3 aliphatic carbocycles. The van der Waals surface area contributed by atoms with Crippen LogP contribution in [0.4, 0.5) is 0 Å². The number of rotatable bonds is 3. The smallest absolute Gasteiger partial charge is 0.0229 e. The Balaban J connectivity index is 0.000000233. The number of halogens is 3. The van der Waals surface area contributed by atoms with E-state index in [1.807, 2.05) is 11.5 Å². The van der Waals surface area contributed by atoms with Crippen LogP contribution in [0.2, 0.25) is 10.0 Å². The Morgan fingerprint density at radius 2 is 1.06 bits per heavy atom. The zero-order chi connectivity index (χ0) is 23.2. The minimum atomic E-state index is -0.0465. The van der Waals surface area contributed by atoms with Gasteiger partial charge in [-0.05, 0) is 89.2 Å². The van der Waals surface area contributed by atoms with Gasteiger partial charge in [-0.15, -0.1) is 4.90 Å². The molecule has 0 bridgehead atoms.